The van der Waals surface area contributed by atoms with E-state index in [2.05, 4.69) is 4.98 Å². The largest absolute Gasteiger partial charge is 0.493 e. The van der Waals surface area contributed by atoms with Gasteiger partial charge in [-0.25, -0.2) is 0 Å². The van der Waals surface area contributed by atoms with Crippen LogP contribution in [0, 0.1) is 0 Å². The first-order chi connectivity index (χ1) is 14.2. The van der Waals surface area contributed by atoms with Crippen LogP contribution in [0.2, 0.25) is 0 Å². The number of carbonyl (C=O) groups excluding carboxylic acids is 1. The summed E-state index contributed by atoms with van der Waals surface area (Å²) in [6.07, 6.45) is 9.20. The number of hydrogen-bond donors (Lipinski definition) is 0. The predicted octanol–water partition coefficient (Wildman–Crippen LogP) is 4.02. The van der Waals surface area contributed by atoms with E-state index >= 15 is 0 Å². The molecule has 1 aliphatic heterocycles. The Morgan fingerprint density at radius 2 is 2.03 bits per heavy atom. The van der Waals surface area contributed by atoms with Crippen molar-refractivity contribution >= 4 is 5.91 Å². The van der Waals surface area contributed by atoms with Gasteiger partial charge in [-0.1, -0.05) is 12.5 Å². The Kier molecular flexibility index (Phi) is 6.30. The van der Waals surface area contributed by atoms with Gasteiger partial charge in [0, 0.05) is 18.9 Å². The number of amides is 1. The minimum atomic E-state index is -0.191. The van der Waals surface area contributed by atoms with E-state index < -0.39 is 0 Å². The average Bonchev–Trinajstić information content (AvgIpc) is 2.80. The highest BCUT2D eigenvalue weighted by Crippen LogP contribution is 2.35. The minimum Gasteiger partial charge on any atom is -0.493 e. The van der Waals surface area contributed by atoms with E-state index in [0.717, 1.165) is 29.9 Å². The molecule has 1 aliphatic carbocycles. The fraction of sp³-hybridized carbons (Fsp3) is 0.478. The SMILES string of the molecule is COc1ccc(C2CN(C(=O)c3cccnc3)CCO2)cc1OC1CCCCC1. The molecule has 29 heavy (non-hydrogen) atoms. The van der Waals surface area contributed by atoms with E-state index in [1.54, 1.807) is 31.6 Å². The summed E-state index contributed by atoms with van der Waals surface area (Å²) < 4.78 is 17.8. The minimum absolute atomic E-state index is 0.0152. The zero-order valence-corrected chi connectivity index (χ0v) is 16.9. The van der Waals surface area contributed by atoms with Crippen LogP contribution < -0.4 is 9.47 Å². The van der Waals surface area contributed by atoms with E-state index in [9.17, 15) is 4.79 Å². The number of rotatable bonds is 5. The maximum Gasteiger partial charge on any atom is 0.255 e. The Labute approximate surface area is 171 Å². The molecule has 1 aromatic heterocycles. The lowest BCUT2D eigenvalue weighted by molar-refractivity contribution is -0.0229. The van der Waals surface area contributed by atoms with E-state index in [-0.39, 0.29) is 18.1 Å². The Morgan fingerprint density at radius 3 is 2.79 bits per heavy atom. The number of aromatic nitrogens is 1. The normalized spacial score (nSPS) is 20.3. The van der Waals surface area contributed by atoms with Crippen LogP contribution in [0.4, 0.5) is 0 Å². The van der Waals surface area contributed by atoms with Gasteiger partial charge in [-0.3, -0.25) is 9.78 Å². The molecule has 6 heteroatoms. The van der Waals surface area contributed by atoms with Gasteiger partial charge in [-0.2, -0.15) is 0 Å². The molecule has 0 N–H and O–H groups in total. The lowest BCUT2D eigenvalue weighted by atomic mass is 9.97. The topological polar surface area (TPSA) is 60.9 Å². The first-order valence-corrected chi connectivity index (χ1v) is 10.4. The molecule has 0 radical (unpaired) electrons. The number of hydrogen-bond acceptors (Lipinski definition) is 5. The first kappa shape index (κ1) is 19.7. The molecule has 2 aromatic rings. The van der Waals surface area contributed by atoms with Crippen molar-refractivity contribution in [3.05, 3.63) is 53.9 Å². The molecule has 1 atom stereocenters. The van der Waals surface area contributed by atoms with Crippen molar-refractivity contribution in [2.75, 3.05) is 26.8 Å². The maximum absolute atomic E-state index is 12.8. The van der Waals surface area contributed by atoms with Crippen molar-refractivity contribution in [2.24, 2.45) is 0 Å². The highest BCUT2D eigenvalue weighted by atomic mass is 16.5. The second-order valence-electron chi connectivity index (χ2n) is 7.64. The molecule has 1 unspecified atom stereocenters. The lowest BCUT2D eigenvalue weighted by Crippen LogP contribution is -2.42. The third-order valence-electron chi connectivity index (χ3n) is 5.67. The van der Waals surface area contributed by atoms with E-state index in [1.807, 2.05) is 23.1 Å². The molecule has 6 nitrogen and oxygen atoms in total. The van der Waals surface area contributed by atoms with Crippen LogP contribution >= 0.6 is 0 Å². The monoisotopic (exact) mass is 396 g/mol. The van der Waals surface area contributed by atoms with Crippen molar-refractivity contribution in [1.29, 1.82) is 0 Å². The van der Waals surface area contributed by atoms with E-state index in [0.29, 0.717) is 25.3 Å². The highest BCUT2D eigenvalue weighted by Gasteiger charge is 2.27. The standard InChI is InChI=1S/C23H28N2O4/c1-27-20-10-9-17(14-21(20)29-19-7-3-2-4-8-19)22-16-25(12-13-28-22)23(26)18-6-5-11-24-15-18/h5-6,9-11,14-15,19,22H,2-4,7-8,12-13,16H2,1H3. The summed E-state index contributed by atoms with van der Waals surface area (Å²) >= 11 is 0. The van der Waals surface area contributed by atoms with Crippen LogP contribution in [0.15, 0.2) is 42.7 Å². The number of morpholine rings is 1. The van der Waals surface area contributed by atoms with Crippen LogP contribution in [0.25, 0.3) is 0 Å². The molecule has 2 aliphatic rings. The third kappa shape index (κ3) is 4.70. The van der Waals surface area contributed by atoms with Gasteiger partial charge in [-0.15, -0.1) is 0 Å². The van der Waals surface area contributed by atoms with Crippen molar-refractivity contribution in [1.82, 2.24) is 9.88 Å². The Bertz CT molecular complexity index is 821. The second kappa shape index (κ2) is 9.27. The van der Waals surface area contributed by atoms with Crippen LogP contribution in [0.3, 0.4) is 0 Å². The summed E-state index contributed by atoms with van der Waals surface area (Å²) in [5, 5.41) is 0. The molecule has 0 bridgehead atoms. The fourth-order valence-electron chi connectivity index (χ4n) is 4.06. The van der Waals surface area contributed by atoms with Crippen molar-refractivity contribution in [3.8, 4) is 11.5 Å². The number of methoxy groups -OCH3 is 1. The number of ether oxygens (including phenoxy) is 3. The quantitative estimate of drug-likeness (QED) is 0.764. The molecule has 0 spiro atoms. The molecule has 154 valence electrons. The fourth-order valence-corrected chi connectivity index (χ4v) is 4.06. The molecule has 1 saturated carbocycles. The van der Waals surface area contributed by atoms with Crippen LogP contribution in [0.5, 0.6) is 11.5 Å². The van der Waals surface area contributed by atoms with Gasteiger partial charge in [0.1, 0.15) is 6.10 Å². The molecule has 2 fully saturated rings. The third-order valence-corrected chi connectivity index (χ3v) is 5.67. The summed E-state index contributed by atoms with van der Waals surface area (Å²) in [5.41, 5.74) is 1.60. The number of pyridine rings is 1. The van der Waals surface area contributed by atoms with Gasteiger partial charge >= 0.3 is 0 Å². The Balaban J connectivity index is 1.49. The summed E-state index contributed by atoms with van der Waals surface area (Å²) in [6.45, 7) is 1.58. The molecule has 1 amide bonds. The molecular formula is C23H28N2O4. The number of carbonyl (C=O) groups is 1. The van der Waals surface area contributed by atoms with Crippen LogP contribution in [-0.2, 0) is 4.74 Å². The van der Waals surface area contributed by atoms with Gasteiger partial charge in [0.2, 0.25) is 0 Å². The zero-order chi connectivity index (χ0) is 20.1. The van der Waals surface area contributed by atoms with Crippen molar-refractivity contribution < 1.29 is 19.0 Å². The van der Waals surface area contributed by atoms with Crippen molar-refractivity contribution in [2.45, 2.75) is 44.3 Å². The lowest BCUT2D eigenvalue weighted by Gasteiger charge is -2.33. The Hall–Kier alpha value is -2.60. The number of benzene rings is 1. The zero-order valence-electron chi connectivity index (χ0n) is 16.9. The first-order valence-electron chi connectivity index (χ1n) is 10.4. The molecule has 1 aromatic carbocycles. The van der Waals surface area contributed by atoms with Gasteiger partial charge in [-0.05, 0) is 55.5 Å². The average molecular weight is 396 g/mol. The molecular weight excluding hydrogens is 368 g/mol. The summed E-state index contributed by atoms with van der Waals surface area (Å²) in [7, 11) is 1.66. The van der Waals surface area contributed by atoms with E-state index in [1.165, 1.54) is 19.3 Å². The molecule has 4 rings (SSSR count). The summed E-state index contributed by atoms with van der Waals surface area (Å²) in [4.78, 5) is 18.7. The smallest absolute Gasteiger partial charge is 0.255 e. The van der Waals surface area contributed by atoms with Gasteiger partial charge < -0.3 is 19.1 Å². The van der Waals surface area contributed by atoms with Gasteiger partial charge in [0.15, 0.2) is 11.5 Å². The Morgan fingerprint density at radius 1 is 1.17 bits per heavy atom. The second-order valence-corrected chi connectivity index (χ2v) is 7.64. The van der Waals surface area contributed by atoms with Crippen LogP contribution in [-0.4, -0.2) is 48.7 Å². The molecule has 1 saturated heterocycles. The predicted molar refractivity (Wildman–Crippen MR) is 109 cm³/mol. The van der Waals surface area contributed by atoms with Gasteiger partial charge in [0.05, 0.1) is 31.9 Å². The summed E-state index contributed by atoms with van der Waals surface area (Å²) in [5.74, 6) is 1.48. The number of nitrogens with zero attached hydrogens (tertiary/aromatic N) is 2. The van der Waals surface area contributed by atoms with Crippen LogP contribution in [0.1, 0.15) is 54.1 Å². The molecule has 2 heterocycles. The van der Waals surface area contributed by atoms with E-state index in [4.69, 9.17) is 14.2 Å². The summed E-state index contributed by atoms with van der Waals surface area (Å²) in [6, 6.07) is 9.51. The van der Waals surface area contributed by atoms with Crippen molar-refractivity contribution in [3.63, 3.8) is 0 Å². The highest BCUT2D eigenvalue weighted by molar-refractivity contribution is 5.93. The maximum atomic E-state index is 12.8. The van der Waals surface area contributed by atoms with Gasteiger partial charge in [0.25, 0.3) is 5.91 Å².